The van der Waals surface area contributed by atoms with Crippen molar-refractivity contribution in [3.63, 3.8) is 0 Å². The molecule has 5 nitrogen and oxygen atoms in total. The Morgan fingerprint density at radius 2 is 2.11 bits per heavy atom. The zero-order valence-corrected chi connectivity index (χ0v) is 11.7. The summed E-state index contributed by atoms with van der Waals surface area (Å²) < 4.78 is 5.03. The summed E-state index contributed by atoms with van der Waals surface area (Å²) in [5, 5.41) is 3.34. The van der Waals surface area contributed by atoms with Crippen LogP contribution in [0.15, 0.2) is 6.07 Å². The van der Waals surface area contributed by atoms with Crippen molar-refractivity contribution in [2.45, 2.75) is 45.1 Å². The molecule has 2 rings (SSSR count). The Kier molecular flexibility index (Phi) is 5.39. The molecule has 1 aliphatic rings. The summed E-state index contributed by atoms with van der Waals surface area (Å²) >= 11 is 0. The van der Waals surface area contributed by atoms with E-state index in [9.17, 15) is 0 Å². The molecule has 1 aromatic rings. The number of nitrogen functional groups attached to an aromatic ring is 1. The normalized spacial score (nSPS) is 16.5. The van der Waals surface area contributed by atoms with E-state index in [0.717, 1.165) is 18.3 Å². The number of anilines is 2. The molecular formula is C14H24N4O. The van der Waals surface area contributed by atoms with Gasteiger partial charge < -0.3 is 15.8 Å². The van der Waals surface area contributed by atoms with Crippen molar-refractivity contribution < 1.29 is 4.74 Å². The van der Waals surface area contributed by atoms with Crippen molar-refractivity contribution in [1.29, 1.82) is 0 Å². The Balaban J connectivity index is 1.81. The van der Waals surface area contributed by atoms with Gasteiger partial charge in [0.1, 0.15) is 18.2 Å². The predicted octanol–water partition coefficient (Wildman–Crippen LogP) is 2.59. The molecule has 3 N–H and O–H groups in total. The number of hydrogen-bond donors (Lipinski definition) is 2. The zero-order chi connectivity index (χ0) is 13.5. The lowest BCUT2D eigenvalue weighted by molar-refractivity contribution is 0.178. The summed E-state index contributed by atoms with van der Waals surface area (Å²) in [6, 6.07) is 1.78. The van der Waals surface area contributed by atoms with Crippen LogP contribution in [0.4, 0.5) is 11.6 Å². The number of nitrogens with two attached hydrogens (primary N) is 1. The number of rotatable bonds is 6. The van der Waals surface area contributed by atoms with Gasteiger partial charge in [-0.05, 0) is 12.3 Å². The van der Waals surface area contributed by atoms with E-state index in [4.69, 9.17) is 10.5 Å². The van der Waals surface area contributed by atoms with Crippen molar-refractivity contribution in [2.75, 3.05) is 24.7 Å². The lowest BCUT2D eigenvalue weighted by Gasteiger charge is -2.21. The molecular weight excluding hydrogens is 240 g/mol. The number of hydrogen-bond acceptors (Lipinski definition) is 5. The molecule has 1 saturated carbocycles. The molecule has 0 amide bonds. The summed E-state index contributed by atoms with van der Waals surface area (Å²) in [5.41, 5.74) is 5.76. The SMILES string of the molecule is COCc1nc(N)cc(NCCC2CCCCC2)n1. The molecule has 106 valence electrons. The van der Waals surface area contributed by atoms with Gasteiger partial charge in [-0.15, -0.1) is 0 Å². The Morgan fingerprint density at radius 3 is 2.84 bits per heavy atom. The van der Waals surface area contributed by atoms with Crippen LogP contribution in [-0.4, -0.2) is 23.6 Å². The second-order valence-corrected chi connectivity index (χ2v) is 5.25. The Bertz CT molecular complexity index is 391. The number of aromatic nitrogens is 2. The number of nitrogens with zero attached hydrogens (tertiary/aromatic N) is 2. The molecule has 0 bridgehead atoms. The fraction of sp³-hybridized carbons (Fsp3) is 0.714. The van der Waals surface area contributed by atoms with Crippen LogP contribution in [0.3, 0.4) is 0 Å². The minimum Gasteiger partial charge on any atom is -0.384 e. The Hall–Kier alpha value is -1.36. The van der Waals surface area contributed by atoms with E-state index in [1.165, 1.54) is 38.5 Å². The Labute approximate surface area is 115 Å². The average Bonchev–Trinajstić information content (AvgIpc) is 2.40. The van der Waals surface area contributed by atoms with Gasteiger partial charge in [0.15, 0.2) is 5.82 Å². The van der Waals surface area contributed by atoms with Crippen LogP contribution in [0.1, 0.15) is 44.3 Å². The maximum Gasteiger partial charge on any atom is 0.158 e. The first-order valence-corrected chi connectivity index (χ1v) is 7.14. The molecule has 0 unspecified atom stereocenters. The molecule has 1 fully saturated rings. The van der Waals surface area contributed by atoms with Crippen molar-refractivity contribution >= 4 is 11.6 Å². The van der Waals surface area contributed by atoms with Gasteiger partial charge in [-0.25, -0.2) is 9.97 Å². The van der Waals surface area contributed by atoms with Gasteiger partial charge in [0.25, 0.3) is 0 Å². The second kappa shape index (κ2) is 7.28. The van der Waals surface area contributed by atoms with E-state index in [-0.39, 0.29) is 0 Å². The van der Waals surface area contributed by atoms with E-state index in [2.05, 4.69) is 15.3 Å². The Morgan fingerprint density at radius 1 is 1.32 bits per heavy atom. The van der Waals surface area contributed by atoms with Gasteiger partial charge >= 0.3 is 0 Å². The predicted molar refractivity (Wildman–Crippen MR) is 76.8 cm³/mol. The molecule has 0 atom stereocenters. The van der Waals surface area contributed by atoms with Crippen molar-refractivity contribution in [3.05, 3.63) is 11.9 Å². The molecule has 5 heteroatoms. The third kappa shape index (κ3) is 4.67. The summed E-state index contributed by atoms with van der Waals surface area (Å²) in [6.45, 7) is 1.34. The van der Waals surface area contributed by atoms with E-state index < -0.39 is 0 Å². The van der Waals surface area contributed by atoms with Crippen molar-refractivity contribution in [1.82, 2.24) is 9.97 Å². The van der Waals surface area contributed by atoms with Gasteiger partial charge in [0.2, 0.25) is 0 Å². The first kappa shape index (κ1) is 14.1. The van der Waals surface area contributed by atoms with Gasteiger partial charge in [-0.3, -0.25) is 0 Å². The summed E-state index contributed by atoms with van der Waals surface area (Å²) in [7, 11) is 1.63. The first-order chi connectivity index (χ1) is 9.28. The van der Waals surface area contributed by atoms with Crippen LogP contribution in [0, 0.1) is 5.92 Å². The van der Waals surface area contributed by atoms with Crippen molar-refractivity contribution in [3.8, 4) is 0 Å². The molecule has 0 spiro atoms. The fourth-order valence-corrected chi connectivity index (χ4v) is 2.68. The van der Waals surface area contributed by atoms with Crippen LogP contribution in [0.5, 0.6) is 0 Å². The maximum atomic E-state index is 5.76. The molecule has 0 radical (unpaired) electrons. The van der Waals surface area contributed by atoms with Gasteiger partial charge in [-0.2, -0.15) is 0 Å². The lowest BCUT2D eigenvalue weighted by Crippen LogP contribution is -2.13. The molecule has 19 heavy (non-hydrogen) atoms. The summed E-state index contributed by atoms with van der Waals surface area (Å²) in [4.78, 5) is 8.50. The zero-order valence-electron chi connectivity index (χ0n) is 11.7. The van der Waals surface area contributed by atoms with E-state index in [1.54, 1.807) is 13.2 Å². The third-order valence-corrected chi connectivity index (χ3v) is 3.65. The first-order valence-electron chi connectivity index (χ1n) is 7.14. The van der Waals surface area contributed by atoms with Gasteiger partial charge in [0, 0.05) is 19.7 Å². The van der Waals surface area contributed by atoms with Crippen LogP contribution >= 0.6 is 0 Å². The minimum absolute atomic E-state index is 0.391. The fourth-order valence-electron chi connectivity index (χ4n) is 2.68. The molecule has 1 aliphatic carbocycles. The molecule has 0 saturated heterocycles. The molecule has 1 aromatic heterocycles. The van der Waals surface area contributed by atoms with Crippen LogP contribution in [0.25, 0.3) is 0 Å². The van der Waals surface area contributed by atoms with E-state index in [0.29, 0.717) is 18.2 Å². The number of methoxy groups -OCH3 is 1. The molecule has 0 aliphatic heterocycles. The highest BCUT2D eigenvalue weighted by atomic mass is 16.5. The molecule has 1 heterocycles. The summed E-state index contributed by atoms with van der Waals surface area (Å²) in [5.74, 6) is 2.79. The monoisotopic (exact) mass is 264 g/mol. The van der Waals surface area contributed by atoms with Crippen LogP contribution < -0.4 is 11.1 Å². The van der Waals surface area contributed by atoms with Crippen LogP contribution in [-0.2, 0) is 11.3 Å². The average molecular weight is 264 g/mol. The summed E-state index contributed by atoms with van der Waals surface area (Å²) in [6.07, 6.45) is 8.16. The smallest absolute Gasteiger partial charge is 0.158 e. The highest BCUT2D eigenvalue weighted by Gasteiger charge is 2.12. The van der Waals surface area contributed by atoms with E-state index in [1.807, 2.05) is 0 Å². The number of ether oxygens (including phenoxy) is 1. The van der Waals surface area contributed by atoms with Gasteiger partial charge in [0.05, 0.1) is 0 Å². The standard InChI is InChI=1S/C14H24N4O/c1-19-10-14-17-12(15)9-13(18-14)16-8-7-11-5-3-2-4-6-11/h9,11H,2-8,10H2,1H3,(H3,15,16,17,18). The second-order valence-electron chi connectivity index (χ2n) is 5.25. The quantitative estimate of drug-likeness (QED) is 0.826. The van der Waals surface area contributed by atoms with E-state index >= 15 is 0 Å². The number of nitrogens with one attached hydrogen (secondary N) is 1. The highest BCUT2D eigenvalue weighted by molar-refractivity contribution is 5.44. The lowest BCUT2D eigenvalue weighted by atomic mass is 9.87. The largest absolute Gasteiger partial charge is 0.384 e. The topological polar surface area (TPSA) is 73.1 Å². The molecule has 0 aromatic carbocycles. The van der Waals surface area contributed by atoms with Gasteiger partial charge in [-0.1, -0.05) is 32.1 Å². The third-order valence-electron chi connectivity index (χ3n) is 3.65. The highest BCUT2D eigenvalue weighted by Crippen LogP contribution is 2.26. The maximum absolute atomic E-state index is 5.76. The van der Waals surface area contributed by atoms with Crippen molar-refractivity contribution in [2.24, 2.45) is 5.92 Å². The minimum atomic E-state index is 0.391. The van der Waals surface area contributed by atoms with Crippen LogP contribution in [0.2, 0.25) is 0 Å².